The molecule has 0 radical (unpaired) electrons. The van der Waals surface area contributed by atoms with Gasteiger partial charge in [-0.05, 0) is 60.9 Å². The Hall–Kier alpha value is -3.74. The van der Waals surface area contributed by atoms with Gasteiger partial charge in [-0.1, -0.05) is 62.6 Å². The van der Waals surface area contributed by atoms with E-state index in [9.17, 15) is 18.8 Å². The van der Waals surface area contributed by atoms with Crippen LogP contribution in [0.1, 0.15) is 74.2 Å². The third kappa shape index (κ3) is 5.82. The number of nitrogens with zero attached hydrogens (tertiary/aromatic N) is 2. The highest BCUT2D eigenvalue weighted by Gasteiger charge is 2.32. The molecule has 5 rings (SSSR count). The first-order valence-electron chi connectivity index (χ1n) is 14.1. The van der Waals surface area contributed by atoms with Gasteiger partial charge >= 0.3 is 0 Å². The highest BCUT2D eigenvalue weighted by molar-refractivity contribution is 6.25. The van der Waals surface area contributed by atoms with Gasteiger partial charge in [0.2, 0.25) is 11.8 Å². The number of benzene rings is 3. The normalized spacial score (nSPS) is 15.9. The van der Waals surface area contributed by atoms with Crippen LogP contribution in [0.4, 0.5) is 10.1 Å². The fourth-order valence-electron chi connectivity index (χ4n) is 5.98. The van der Waals surface area contributed by atoms with E-state index in [2.05, 4.69) is 5.32 Å². The number of amides is 3. The van der Waals surface area contributed by atoms with Crippen molar-refractivity contribution in [3.05, 3.63) is 77.6 Å². The number of rotatable bonds is 10. The van der Waals surface area contributed by atoms with Crippen molar-refractivity contribution >= 4 is 34.2 Å². The molecule has 39 heavy (non-hydrogen) atoms. The van der Waals surface area contributed by atoms with Gasteiger partial charge in [-0.15, -0.1) is 0 Å². The first kappa shape index (κ1) is 26.9. The number of halogens is 1. The molecule has 0 aromatic heterocycles. The van der Waals surface area contributed by atoms with Crippen LogP contribution in [0.3, 0.4) is 0 Å². The first-order valence-corrected chi connectivity index (χ1v) is 14.1. The number of anilines is 1. The minimum absolute atomic E-state index is 0.0456. The molecule has 3 aromatic carbocycles. The molecule has 1 atom stereocenters. The molecule has 0 unspecified atom stereocenters. The Morgan fingerprint density at radius 3 is 2.46 bits per heavy atom. The van der Waals surface area contributed by atoms with E-state index in [1.54, 1.807) is 21.9 Å². The maximum absolute atomic E-state index is 13.6. The first-order chi connectivity index (χ1) is 19.0. The molecule has 1 saturated carbocycles. The van der Waals surface area contributed by atoms with Gasteiger partial charge in [-0.3, -0.25) is 14.4 Å². The number of hydrogen-bond acceptors (Lipinski definition) is 3. The summed E-state index contributed by atoms with van der Waals surface area (Å²) < 4.78 is 13.5. The third-order valence-corrected chi connectivity index (χ3v) is 8.03. The topological polar surface area (TPSA) is 69.7 Å². The lowest BCUT2D eigenvalue weighted by Crippen LogP contribution is -2.51. The molecule has 1 heterocycles. The Bertz CT molecular complexity index is 1350. The van der Waals surface area contributed by atoms with E-state index in [1.807, 2.05) is 43.3 Å². The summed E-state index contributed by atoms with van der Waals surface area (Å²) in [4.78, 5) is 43.5. The largest absolute Gasteiger partial charge is 0.352 e. The van der Waals surface area contributed by atoms with Crippen molar-refractivity contribution in [1.29, 1.82) is 0 Å². The Morgan fingerprint density at radius 2 is 1.74 bits per heavy atom. The Morgan fingerprint density at radius 1 is 1.03 bits per heavy atom. The van der Waals surface area contributed by atoms with Crippen molar-refractivity contribution < 1.29 is 18.8 Å². The van der Waals surface area contributed by atoms with E-state index in [-0.39, 0.29) is 42.5 Å². The second-order valence-electron chi connectivity index (χ2n) is 10.7. The van der Waals surface area contributed by atoms with Crippen LogP contribution in [0.5, 0.6) is 0 Å². The summed E-state index contributed by atoms with van der Waals surface area (Å²) in [6.07, 6.45) is 6.48. The summed E-state index contributed by atoms with van der Waals surface area (Å²) in [7, 11) is 0. The van der Waals surface area contributed by atoms with Gasteiger partial charge in [0.05, 0.1) is 5.69 Å². The molecular weight excluding hydrogens is 493 g/mol. The summed E-state index contributed by atoms with van der Waals surface area (Å²) in [6.45, 7) is 2.55. The summed E-state index contributed by atoms with van der Waals surface area (Å²) >= 11 is 0. The molecule has 0 spiro atoms. The van der Waals surface area contributed by atoms with E-state index < -0.39 is 6.04 Å². The number of carbonyl (C=O) groups excluding carboxylic acids is 3. The molecule has 2 aliphatic rings. The molecule has 1 N–H and O–H groups in total. The Labute approximate surface area is 229 Å². The van der Waals surface area contributed by atoms with E-state index in [1.165, 1.54) is 18.6 Å². The molecule has 3 amide bonds. The van der Waals surface area contributed by atoms with Crippen LogP contribution < -0.4 is 10.2 Å². The van der Waals surface area contributed by atoms with Crippen molar-refractivity contribution in [1.82, 2.24) is 10.2 Å². The number of nitrogens with one attached hydrogen (secondary N) is 1. The summed E-state index contributed by atoms with van der Waals surface area (Å²) in [5, 5.41) is 5.17. The summed E-state index contributed by atoms with van der Waals surface area (Å²) in [6, 6.07) is 17.2. The molecule has 7 heteroatoms. The minimum atomic E-state index is -0.615. The maximum atomic E-state index is 13.6. The lowest BCUT2D eigenvalue weighted by molar-refractivity contribution is -0.141. The van der Waals surface area contributed by atoms with Crippen LogP contribution >= 0.6 is 0 Å². The zero-order valence-electron chi connectivity index (χ0n) is 22.5. The van der Waals surface area contributed by atoms with Crippen LogP contribution in [0.2, 0.25) is 0 Å². The van der Waals surface area contributed by atoms with Crippen molar-refractivity contribution in [2.24, 2.45) is 0 Å². The van der Waals surface area contributed by atoms with Crippen molar-refractivity contribution in [3.63, 3.8) is 0 Å². The van der Waals surface area contributed by atoms with Crippen molar-refractivity contribution in [2.75, 3.05) is 11.4 Å². The second-order valence-corrected chi connectivity index (χ2v) is 10.7. The zero-order valence-corrected chi connectivity index (χ0v) is 22.5. The molecule has 6 nitrogen and oxygen atoms in total. The van der Waals surface area contributed by atoms with Crippen LogP contribution in [-0.4, -0.2) is 41.2 Å². The lowest BCUT2D eigenvalue weighted by atomic mass is 9.95. The monoisotopic (exact) mass is 529 g/mol. The molecule has 1 aliphatic heterocycles. The smallest absolute Gasteiger partial charge is 0.258 e. The third-order valence-electron chi connectivity index (χ3n) is 8.03. The van der Waals surface area contributed by atoms with E-state index in [4.69, 9.17) is 0 Å². The van der Waals surface area contributed by atoms with Gasteiger partial charge in [0.15, 0.2) is 0 Å². The summed E-state index contributed by atoms with van der Waals surface area (Å²) in [5.74, 6) is -0.662. The fourth-order valence-corrected chi connectivity index (χ4v) is 5.98. The lowest BCUT2D eigenvalue weighted by Gasteiger charge is -2.33. The average molecular weight is 530 g/mol. The van der Waals surface area contributed by atoms with Crippen molar-refractivity contribution in [2.45, 2.75) is 76.9 Å². The van der Waals surface area contributed by atoms with Crippen LogP contribution in [0.25, 0.3) is 10.8 Å². The van der Waals surface area contributed by atoms with Gasteiger partial charge < -0.3 is 15.1 Å². The highest BCUT2D eigenvalue weighted by atomic mass is 19.1. The summed E-state index contributed by atoms with van der Waals surface area (Å²) in [5.41, 5.74) is 2.34. The Kier molecular flexibility index (Phi) is 8.24. The van der Waals surface area contributed by atoms with Crippen LogP contribution in [0, 0.1) is 5.82 Å². The van der Waals surface area contributed by atoms with Crippen molar-refractivity contribution in [3.8, 4) is 0 Å². The molecule has 1 fully saturated rings. The van der Waals surface area contributed by atoms with Crippen LogP contribution in [0.15, 0.2) is 60.7 Å². The SMILES string of the molecule is CC[C@@H](C(=O)NC1CCCCC1)N(Cc1ccc(F)cc1)C(=O)CCCN1C(=O)c2cccc3cccc1c23. The average Bonchev–Trinajstić information content (AvgIpc) is 3.22. The second kappa shape index (κ2) is 12.0. The van der Waals surface area contributed by atoms with Gasteiger partial charge in [0, 0.05) is 36.5 Å². The predicted octanol–water partition coefficient (Wildman–Crippen LogP) is 5.98. The molecule has 0 saturated heterocycles. The van der Waals surface area contributed by atoms with Gasteiger partial charge in [0.1, 0.15) is 11.9 Å². The molecular formula is C32H36FN3O3. The standard InChI is InChI=1S/C32H36FN3O3/c1-2-27(31(38)34-25-11-4-3-5-12-25)36(21-22-16-18-24(33)19-17-22)29(37)15-8-20-35-28-14-7-10-23-9-6-13-26(30(23)28)32(35)39/h6-7,9-10,13-14,16-19,25,27H,2-5,8,11-12,15,20-21H2,1H3,(H,34,38)/t27-/m0/s1. The van der Waals surface area contributed by atoms with E-state index in [0.29, 0.717) is 24.9 Å². The highest BCUT2D eigenvalue weighted by Crippen LogP contribution is 2.37. The zero-order chi connectivity index (χ0) is 27.4. The number of carbonyl (C=O) groups is 3. The van der Waals surface area contributed by atoms with Gasteiger partial charge in [0.25, 0.3) is 5.91 Å². The maximum Gasteiger partial charge on any atom is 0.258 e. The van der Waals surface area contributed by atoms with Gasteiger partial charge in [-0.25, -0.2) is 4.39 Å². The quantitative estimate of drug-likeness (QED) is 0.352. The molecule has 3 aromatic rings. The minimum Gasteiger partial charge on any atom is -0.352 e. The number of hydrogen-bond donors (Lipinski definition) is 1. The molecule has 0 bridgehead atoms. The Balaban J connectivity index is 1.29. The van der Waals surface area contributed by atoms with Gasteiger partial charge in [-0.2, -0.15) is 0 Å². The fraction of sp³-hybridized carbons (Fsp3) is 0.406. The molecule has 1 aliphatic carbocycles. The predicted molar refractivity (Wildman–Crippen MR) is 151 cm³/mol. The van der Waals surface area contributed by atoms with E-state index in [0.717, 1.165) is 47.7 Å². The van der Waals surface area contributed by atoms with E-state index >= 15 is 0 Å². The van der Waals surface area contributed by atoms with Crippen LogP contribution in [-0.2, 0) is 16.1 Å². The molecule has 204 valence electrons.